The van der Waals surface area contributed by atoms with Gasteiger partial charge < -0.3 is 79.2 Å². The van der Waals surface area contributed by atoms with Crippen molar-refractivity contribution < 1.29 is 72.5 Å². The average Bonchev–Trinajstić information content (AvgIpc) is 1.59. The number of ether oxygens (including phenoxy) is 1. The molecule has 11 amide bonds. The van der Waals surface area contributed by atoms with Crippen molar-refractivity contribution in [1.29, 1.82) is 0 Å². The first-order valence-corrected chi connectivity index (χ1v) is 31.3. The molecule has 1 saturated heterocycles. The van der Waals surface area contributed by atoms with Gasteiger partial charge in [0.15, 0.2) is 0 Å². The van der Waals surface area contributed by atoms with Crippen LogP contribution >= 0.6 is 0 Å². The Morgan fingerprint density at radius 2 is 1.11 bits per heavy atom. The Hall–Kier alpha value is -8.30. The number of hydrogen-bond donors (Lipinski definition) is 14. The third-order valence-corrected chi connectivity index (χ3v) is 17.4. The van der Waals surface area contributed by atoms with E-state index in [-0.39, 0.29) is 25.7 Å². The maximum absolute atomic E-state index is 14.4. The van der Waals surface area contributed by atoms with E-state index in [1.54, 1.807) is 62.4 Å². The van der Waals surface area contributed by atoms with Crippen LogP contribution in [0.3, 0.4) is 0 Å². The number of primary amides is 1. The van der Waals surface area contributed by atoms with Gasteiger partial charge in [-0.1, -0.05) is 142 Å². The third kappa shape index (κ3) is 20.6. The van der Waals surface area contributed by atoms with Gasteiger partial charge in [0.2, 0.25) is 65.0 Å². The maximum Gasteiger partial charge on any atom is 0.329 e. The van der Waals surface area contributed by atoms with E-state index in [9.17, 15) is 67.7 Å². The lowest BCUT2D eigenvalue weighted by molar-refractivity contribution is -0.157. The highest BCUT2D eigenvalue weighted by Crippen LogP contribution is 2.45. The zero-order valence-corrected chi connectivity index (χ0v) is 54.1. The molecular formula is C64H96N12O15. The van der Waals surface area contributed by atoms with Crippen LogP contribution in [0.4, 0.5) is 0 Å². The molecule has 2 aliphatic rings. The van der Waals surface area contributed by atoms with E-state index in [2.05, 4.69) is 65.1 Å². The highest BCUT2D eigenvalue weighted by Gasteiger charge is 2.61. The Morgan fingerprint density at radius 1 is 0.637 bits per heavy atom. The molecule has 91 heavy (non-hydrogen) atoms. The molecular weight excluding hydrogens is 1180 g/mol. The van der Waals surface area contributed by atoms with E-state index in [0.29, 0.717) is 12.8 Å². The number of amides is 11. The Balaban J connectivity index is 1.50. The summed E-state index contributed by atoms with van der Waals surface area (Å²) >= 11 is 0. The van der Waals surface area contributed by atoms with Crippen LogP contribution in [0, 0.1) is 29.6 Å². The van der Waals surface area contributed by atoms with Gasteiger partial charge in [-0.25, -0.2) is 4.79 Å². The lowest BCUT2D eigenvalue weighted by Gasteiger charge is -2.31. The van der Waals surface area contributed by atoms with Crippen molar-refractivity contribution in [3.63, 3.8) is 0 Å². The second-order valence-corrected chi connectivity index (χ2v) is 24.0. The van der Waals surface area contributed by atoms with Crippen LogP contribution in [-0.2, 0) is 68.7 Å². The largest absolute Gasteiger partial charge is 0.458 e. The van der Waals surface area contributed by atoms with Crippen molar-refractivity contribution in [2.45, 2.75) is 193 Å². The lowest BCUT2D eigenvalue weighted by atomic mass is 9.94. The molecule has 4 rings (SSSR count). The van der Waals surface area contributed by atoms with Crippen LogP contribution in [0.2, 0.25) is 0 Å². The normalized spacial score (nSPS) is 22.8. The average molecular weight is 1270 g/mol. The number of carbonyl (C=O) groups excluding carboxylic acids is 12. The van der Waals surface area contributed by atoms with Gasteiger partial charge in [-0.05, 0) is 80.5 Å². The standard InChI is InChI=1S/C64H96N12O15/c1-13-33(6)48(72-55(82)44(66-12)29-39-23-25-41(26-24-39)40-21-19-18-20-22-40)58(85)69-45(31-77)56(83)68-43(27-28-47(65)79)54(81)71-50(35(8)15-3)60(87)73-49(34(7)14-2)59(86)70-46(32-78)57(84)74-52-38(11)91-62(89)51(36(9)16-4)75-63(90)64(30-42(64)17-5)76-53(80)37(10)67-61(52)88/h17-26,33-38,42-46,48-52,66,77-78H,5,13-16,27-32H2,1-4,6-12H3,(H2,65,79)(H,67,88)(H,68,83)(H,69,85)(H,70,86)(H,71,81)(H,72,82)(H,73,87)(H,74,84)(H,75,90)(H,76,80)/t33-,34-,35-,36-,37-,38-,42-,43+,44+,45-,46-,48-,49-,50+,51-,52+,64-/m0/s1. The SMILES string of the molecule is C=C[C@H]1C[C@]12NC(=O)[C@H](C)NC(=O)[C@H](NC(=O)[C@H](CO)NC(=O)[C@@H](NC(=O)[C@H](NC(=O)[C@@H](CCC(N)=O)NC(=O)[C@H](CO)NC(=O)[C@@H](NC(=O)[C@@H](Cc1ccc(-c3ccccc3)cc1)NC)[C@@H](C)CC)[C@@H](C)CC)[C@@H](C)CC)[C@H](C)OC(=O)[C@H]([C@@H](C)CC)NC2=O. The van der Waals surface area contributed by atoms with Gasteiger partial charge in [0.25, 0.3) is 0 Å². The van der Waals surface area contributed by atoms with Gasteiger partial charge in [-0.15, -0.1) is 6.58 Å². The molecule has 15 N–H and O–H groups in total. The zero-order chi connectivity index (χ0) is 68.0. The fourth-order valence-electron chi connectivity index (χ4n) is 10.3. The van der Waals surface area contributed by atoms with Crippen molar-refractivity contribution in [1.82, 2.24) is 58.5 Å². The topological polar surface area (TPSA) is 413 Å². The van der Waals surface area contributed by atoms with E-state index in [1.165, 1.54) is 19.9 Å². The first kappa shape index (κ1) is 75.2. The van der Waals surface area contributed by atoms with Crippen molar-refractivity contribution in [3.05, 3.63) is 72.8 Å². The van der Waals surface area contributed by atoms with Gasteiger partial charge in [0.05, 0.1) is 19.3 Å². The number of rotatable bonds is 32. The smallest absolute Gasteiger partial charge is 0.329 e. The van der Waals surface area contributed by atoms with E-state index >= 15 is 0 Å². The fraction of sp³-hybridized carbons (Fsp3) is 0.594. The summed E-state index contributed by atoms with van der Waals surface area (Å²) in [5, 5.41) is 49.7. The second kappa shape index (κ2) is 35.3. The van der Waals surface area contributed by atoms with Gasteiger partial charge in [-0.2, -0.15) is 0 Å². The van der Waals surface area contributed by atoms with Crippen molar-refractivity contribution in [3.8, 4) is 11.1 Å². The number of hydrogen-bond acceptors (Lipinski definition) is 16. The summed E-state index contributed by atoms with van der Waals surface area (Å²) in [6.07, 6.45) is 0.936. The van der Waals surface area contributed by atoms with Gasteiger partial charge >= 0.3 is 5.97 Å². The Labute approximate surface area is 532 Å². The molecule has 502 valence electrons. The number of aliphatic hydroxyl groups is 2. The Morgan fingerprint density at radius 3 is 1.58 bits per heavy atom. The van der Waals surface area contributed by atoms with Crippen LogP contribution in [-0.4, -0.2) is 173 Å². The fourth-order valence-corrected chi connectivity index (χ4v) is 10.3. The summed E-state index contributed by atoms with van der Waals surface area (Å²) in [4.78, 5) is 166. The molecule has 1 saturated carbocycles. The predicted molar refractivity (Wildman–Crippen MR) is 337 cm³/mol. The van der Waals surface area contributed by atoms with Crippen LogP contribution in [0.5, 0.6) is 0 Å². The van der Waals surface area contributed by atoms with Gasteiger partial charge in [0, 0.05) is 12.3 Å². The predicted octanol–water partition coefficient (Wildman–Crippen LogP) is -0.692. The summed E-state index contributed by atoms with van der Waals surface area (Å²) in [6.45, 7) is 18.0. The number of nitrogens with two attached hydrogens (primary N) is 1. The number of likely N-dealkylation sites (N-methyl/N-ethyl adjacent to an activating group) is 1. The zero-order valence-electron chi connectivity index (χ0n) is 54.1. The first-order chi connectivity index (χ1) is 43.1. The highest BCUT2D eigenvalue weighted by molar-refractivity contribution is 6.01. The lowest BCUT2D eigenvalue weighted by Crippen LogP contribution is -2.63. The molecule has 0 unspecified atom stereocenters. The molecule has 17 atom stereocenters. The first-order valence-electron chi connectivity index (χ1n) is 31.3. The summed E-state index contributed by atoms with van der Waals surface area (Å²) < 4.78 is 5.72. The van der Waals surface area contributed by atoms with E-state index in [4.69, 9.17) is 10.5 Å². The third-order valence-electron chi connectivity index (χ3n) is 17.4. The highest BCUT2D eigenvalue weighted by atomic mass is 16.5. The van der Waals surface area contributed by atoms with Crippen LogP contribution < -0.4 is 64.2 Å². The molecule has 27 nitrogen and oxygen atoms in total. The van der Waals surface area contributed by atoms with Gasteiger partial charge in [0.1, 0.15) is 66.0 Å². The molecule has 0 aromatic heterocycles. The van der Waals surface area contributed by atoms with Crippen LogP contribution in [0.15, 0.2) is 67.3 Å². The van der Waals surface area contributed by atoms with E-state index in [0.717, 1.165) is 16.7 Å². The minimum Gasteiger partial charge on any atom is -0.458 e. The van der Waals surface area contributed by atoms with E-state index in [1.807, 2.05) is 54.6 Å². The van der Waals surface area contributed by atoms with Gasteiger partial charge in [-0.3, -0.25) is 52.7 Å². The molecule has 1 aliphatic carbocycles. The molecule has 0 bridgehead atoms. The van der Waals surface area contributed by atoms with Crippen LogP contribution in [0.25, 0.3) is 11.1 Å². The Kier molecular flexibility index (Phi) is 29.2. The maximum atomic E-state index is 14.4. The molecule has 2 fully saturated rings. The molecule has 1 aliphatic heterocycles. The van der Waals surface area contributed by atoms with Crippen molar-refractivity contribution in [2.24, 2.45) is 35.3 Å². The molecule has 1 spiro atoms. The van der Waals surface area contributed by atoms with Crippen molar-refractivity contribution >= 4 is 70.9 Å². The molecule has 27 heteroatoms. The van der Waals surface area contributed by atoms with Crippen molar-refractivity contribution in [2.75, 3.05) is 20.3 Å². The molecule has 0 radical (unpaired) electrons. The Bertz CT molecular complexity index is 2900. The summed E-state index contributed by atoms with van der Waals surface area (Å²) in [6, 6.07) is 3.19. The summed E-state index contributed by atoms with van der Waals surface area (Å²) in [5.41, 5.74) is 6.88. The van der Waals surface area contributed by atoms with Crippen LogP contribution in [0.1, 0.15) is 120 Å². The van der Waals surface area contributed by atoms with E-state index < -0.39 is 199 Å². The number of benzene rings is 2. The molecule has 1 heterocycles. The quantitative estimate of drug-likeness (QED) is 0.0318. The number of carbonyl (C=O) groups is 12. The molecule has 2 aromatic rings. The number of nitrogens with one attached hydrogen (secondary N) is 11. The number of esters is 1. The number of aliphatic hydroxyl groups excluding tert-OH is 2. The number of cyclic esters (lactones) is 1. The summed E-state index contributed by atoms with van der Waals surface area (Å²) in [5.74, 6) is -13.5. The second-order valence-electron chi connectivity index (χ2n) is 24.0. The minimum atomic E-state index is -1.81. The molecule has 2 aromatic carbocycles. The summed E-state index contributed by atoms with van der Waals surface area (Å²) in [7, 11) is 1.61. The monoisotopic (exact) mass is 1270 g/mol. The minimum absolute atomic E-state index is 0.175.